The highest BCUT2D eigenvalue weighted by Crippen LogP contribution is 2.38. The lowest BCUT2D eigenvalue weighted by atomic mass is 9.76. The summed E-state index contributed by atoms with van der Waals surface area (Å²) in [5.74, 6) is -0.549. The van der Waals surface area contributed by atoms with Gasteiger partial charge in [0.05, 0.1) is 4.92 Å². The molecule has 21 heavy (non-hydrogen) atoms. The van der Waals surface area contributed by atoms with Gasteiger partial charge >= 0.3 is 11.7 Å². The van der Waals surface area contributed by atoms with E-state index in [4.69, 9.17) is 0 Å². The molecule has 0 aliphatic heterocycles. The van der Waals surface area contributed by atoms with Gasteiger partial charge in [-0.2, -0.15) is 5.10 Å². The molecular formula is C13H20N4O4. The van der Waals surface area contributed by atoms with Crippen LogP contribution in [0.15, 0.2) is 0 Å². The zero-order valence-electron chi connectivity index (χ0n) is 12.4. The van der Waals surface area contributed by atoms with E-state index >= 15 is 0 Å². The first kappa shape index (κ1) is 15.3. The number of carboxylic acid groups (broad SMARTS) is 1. The van der Waals surface area contributed by atoms with Gasteiger partial charge in [-0.25, -0.2) is 9.48 Å². The molecule has 0 bridgehead atoms. The molecule has 0 aromatic carbocycles. The van der Waals surface area contributed by atoms with Crippen molar-refractivity contribution in [1.82, 2.24) is 9.78 Å². The summed E-state index contributed by atoms with van der Waals surface area (Å²) in [6, 6.07) is 0. The predicted molar refractivity (Wildman–Crippen MR) is 76.2 cm³/mol. The van der Waals surface area contributed by atoms with Crippen molar-refractivity contribution in [3.05, 3.63) is 15.8 Å². The summed E-state index contributed by atoms with van der Waals surface area (Å²) in [6.07, 6.45) is 2.66. The van der Waals surface area contributed by atoms with Crippen LogP contribution in [0.3, 0.4) is 0 Å². The first-order valence-corrected chi connectivity index (χ1v) is 6.96. The van der Waals surface area contributed by atoms with Gasteiger partial charge < -0.3 is 10.4 Å². The maximum absolute atomic E-state index is 11.8. The lowest BCUT2D eigenvalue weighted by molar-refractivity contribution is -0.384. The van der Waals surface area contributed by atoms with Gasteiger partial charge in [0, 0.05) is 7.05 Å². The van der Waals surface area contributed by atoms with E-state index in [-0.39, 0.29) is 23.1 Å². The summed E-state index contributed by atoms with van der Waals surface area (Å²) >= 11 is 0. The molecule has 1 heterocycles. The molecule has 116 valence electrons. The number of hydrogen-bond donors (Lipinski definition) is 2. The van der Waals surface area contributed by atoms with Gasteiger partial charge in [0.15, 0.2) is 0 Å². The topological polar surface area (TPSA) is 110 Å². The summed E-state index contributed by atoms with van der Waals surface area (Å²) in [5, 5.41) is 27.8. The van der Waals surface area contributed by atoms with E-state index in [0.29, 0.717) is 12.8 Å². The average molecular weight is 296 g/mol. The summed E-state index contributed by atoms with van der Waals surface area (Å²) in [5.41, 5.74) is -1.05. The average Bonchev–Trinajstić information content (AvgIpc) is 2.63. The zero-order chi connectivity index (χ0) is 15.8. The molecule has 8 nitrogen and oxygen atoms in total. The monoisotopic (exact) mass is 296 g/mol. The molecule has 1 fully saturated rings. The van der Waals surface area contributed by atoms with Crippen molar-refractivity contribution in [3.8, 4) is 0 Å². The van der Waals surface area contributed by atoms with Crippen LogP contribution in [0.1, 0.15) is 38.3 Å². The molecule has 0 amide bonds. The second kappa shape index (κ2) is 5.34. The third-order valence-electron chi connectivity index (χ3n) is 4.14. The lowest BCUT2D eigenvalue weighted by Crippen LogP contribution is -2.50. The fourth-order valence-electron chi connectivity index (χ4n) is 3.14. The van der Waals surface area contributed by atoms with E-state index in [9.17, 15) is 20.0 Å². The summed E-state index contributed by atoms with van der Waals surface area (Å²) in [6.45, 7) is 3.54. The molecule has 0 radical (unpaired) electrons. The number of rotatable bonds is 4. The number of aryl methyl sites for hydroxylation is 2. The second-order valence-electron chi connectivity index (χ2n) is 5.88. The molecule has 2 atom stereocenters. The number of nitrogens with one attached hydrogen (secondary N) is 1. The van der Waals surface area contributed by atoms with Crippen molar-refractivity contribution in [2.45, 2.75) is 45.1 Å². The Morgan fingerprint density at radius 2 is 2.29 bits per heavy atom. The molecule has 1 aromatic rings. The Morgan fingerprint density at radius 3 is 2.81 bits per heavy atom. The first-order valence-electron chi connectivity index (χ1n) is 6.96. The van der Waals surface area contributed by atoms with Gasteiger partial charge in [-0.1, -0.05) is 19.8 Å². The van der Waals surface area contributed by atoms with Gasteiger partial charge in [0.25, 0.3) is 0 Å². The second-order valence-corrected chi connectivity index (χ2v) is 5.88. The maximum Gasteiger partial charge on any atom is 0.333 e. The van der Waals surface area contributed by atoms with Crippen molar-refractivity contribution in [2.24, 2.45) is 13.0 Å². The molecule has 1 saturated carbocycles. The molecule has 0 saturated heterocycles. The molecule has 2 rings (SSSR count). The van der Waals surface area contributed by atoms with Crippen molar-refractivity contribution >= 4 is 17.5 Å². The number of aromatic nitrogens is 2. The molecule has 0 spiro atoms. The largest absolute Gasteiger partial charge is 0.480 e. The summed E-state index contributed by atoms with van der Waals surface area (Å²) in [4.78, 5) is 22.4. The van der Waals surface area contributed by atoms with E-state index in [1.54, 1.807) is 14.0 Å². The standard InChI is InChI=1S/C13H20N4O4/c1-8-5-4-6-13(7-8,12(18)19)14-11-10(17(20)21)9(2)15-16(11)3/h8,14H,4-7H2,1-3H3,(H,18,19). The number of carboxylic acids is 1. The van der Waals surface area contributed by atoms with Crippen LogP contribution in [0.2, 0.25) is 0 Å². The lowest BCUT2D eigenvalue weighted by Gasteiger charge is -2.37. The maximum atomic E-state index is 11.8. The molecule has 2 unspecified atom stereocenters. The zero-order valence-corrected chi connectivity index (χ0v) is 12.4. The Labute approximate surface area is 122 Å². The smallest absolute Gasteiger partial charge is 0.333 e. The number of aliphatic carboxylic acids is 1. The van der Waals surface area contributed by atoms with Gasteiger partial charge in [-0.15, -0.1) is 0 Å². The Hall–Kier alpha value is -2.12. The minimum Gasteiger partial charge on any atom is -0.480 e. The van der Waals surface area contributed by atoms with Crippen LogP contribution >= 0.6 is 0 Å². The predicted octanol–water partition coefficient (Wildman–Crippen LogP) is 2.08. The van der Waals surface area contributed by atoms with E-state index in [1.165, 1.54) is 4.68 Å². The first-order chi connectivity index (χ1) is 9.77. The number of nitro groups is 1. The Balaban J connectivity index is 2.43. The number of anilines is 1. The number of hydrogen-bond acceptors (Lipinski definition) is 5. The van der Waals surface area contributed by atoms with Gasteiger partial charge in [0.2, 0.25) is 5.82 Å². The minimum absolute atomic E-state index is 0.156. The Kier molecular flexibility index (Phi) is 3.89. The van der Waals surface area contributed by atoms with Crippen molar-refractivity contribution in [2.75, 3.05) is 5.32 Å². The van der Waals surface area contributed by atoms with E-state index in [2.05, 4.69) is 10.4 Å². The van der Waals surface area contributed by atoms with Crippen LogP contribution in [0.25, 0.3) is 0 Å². The van der Waals surface area contributed by atoms with E-state index in [1.807, 2.05) is 6.92 Å². The molecule has 1 aromatic heterocycles. The summed E-state index contributed by atoms with van der Waals surface area (Å²) < 4.78 is 1.34. The Bertz CT molecular complexity index is 583. The fourth-order valence-corrected chi connectivity index (χ4v) is 3.14. The van der Waals surface area contributed by atoms with Crippen LogP contribution in [0.4, 0.5) is 11.5 Å². The van der Waals surface area contributed by atoms with Gasteiger partial charge in [-0.3, -0.25) is 10.1 Å². The Morgan fingerprint density at radius 1 is 1.62 bits per heavy atom. The van der Waals surface area contributed by atoms with Crippen LogP contribution in [0, 0.1) is 23.0 Å². The van der Waals surface area contributed by atoms with Crippen LogP contribution in [-0.2, 0) is 11.8 Å². The molecule has 8 heteroatoms. The van der Waals surface area contributed by atoms with Crippen LogP contribution < -0.4 is 5.32 Å². The van der Waals surface area contributed by atoms with E-state index < -0.39 is 16.4 Å². The normalized spacial score (nSPS) is 25.6. The molecule has 1 aliphatic rings. The van der Waals surface area contributed by atoms with Gasteiger partial charge in [-0.05, 0) is 25.7 Å². The van der Waals surface area contributed by atoms with E-state index in [0.717, 1.165) is 12.8 Å². The third-order valence-corrected chi connectivity index (χ3v) is 4.14. The highest BCUT2D eigenvalue weighted by molar-refractivity contribution is 5.83. The number of carbonyl (C=O) groups is 1. The minimum atomic E-state index is -1.16. The summed E-state index contributed by atoms with van der Waals surface area (Å²) in [7, 11) is 1.57. The highest BCUT2D eigenvalue weighted by atomic mass is 16.6. The number of nitrogens with zero attached hydrogens (tertiary/aromatic N) is 3. The van der Waals surface area contributed by atoms with Crippen molar-refractivity contribution in [3.63, 3.8) is 0 Å². The quantitative estimate of drug-likeness (QED) is 0.650. The highest BCUT2D eigenvalue weighted by Gasteiger charge is 2.44. The molecule has 1 aliphatic carbocycles. The van der Waals surface area contributed by atoms with Crippen molar-refractivity contribution < 1.29 is 14.8 Å². The fraction of sp³-hybridized carbons (Fsp3) is 0.692. The van der Waals surface area contributed by atoms with Crippen molar-refractivity contribution in [1.29, 1.82) is 0 Å². The third kappa shape index (κ3) is 2.70. The SMILES string of the molecule is Cc1nn(C)c(NC2(C(=O)O)CCCC(C)C2)c1[N+](=O)[O-]. The van der Waals surface area contributed by atoms with Crippen LogP contribution in [-0.4, -0.2) is 31.3 Å². The van der Waals surface area contributed by atoms with Gasteiger partial charge in [0.1, 0.15) is 11.2 Å². The molecule has 2 N–H and O–H groups in total. The molecular weight excluding hydrogens is 276 g/mol. The van der Waals surface area contributed by atoms with Crippen LogP contribution in [0.5, 0.6) is 0 Å².